The number of carbonyl (C=O) groups excluding carboxylic acids is 2. The summed E-state index contributed by atoms with van der Waals surface area (Å²) in [5.41, 5.74) is 3.18. The molecule has 0 radical (unpaired) electrons. The first-order valence-electron chi connectivity index (χ1n) is 10.3. The predicted molar refractivity (Wildman–Crippen MR) is 120 cm³/mol. The van der Waals surface area contributed by atoms with Crippen molar-refractivity contribution in [3.8, 4) is 0 Å². The molecule has 1 aliphatic rings. The van der Waals surface area contributed by atoms with Crippen molar-refractivity contribution >= 4 is 27.6 Å². The summed E-state index contributed by atoms with van der Waals surface area (Å²) in [5.74, 6) is -1.41. The molecule has 2 unspecified atom stereocenters. The molecule has 1 saturated heterocycles. The number of aliphatic hydroxyl groups excluding tert-OH is 1. The molecule has 1 fully saturated rings. The number of aliphatic hydroxyl groups is 1. The molecule has 9 heteroatoms. The van der Waals surface area contributed by atoms with E-state index in [-0.39, 0.29) is 17.9 Å². The van der Waals surface area contributed by atoms with Gasteiger partial charge in [0.15, 0.2) is 6.10 Å². The minimum atomic E-state index is -4.04. The number of hydrogen-bond acceptors (Lipinski definition) is 6. The fourth-order valence-electron chi connectivity index (χ4n) is 3.53. The number of nitrogens with one attached hydrogen (secondary N) is 1. The van der Waals surface area contributed by atoms with Gasteiger partial charge in [-0.2, -0.15) is 4.31 Å². The summed E-state index contributed by atoms with van der Waals surface area (Å²) in [5, 5.41) is 12.8. The molecule has 32 heavy (non-hydrogen) atoms. The molecule has 1 amide bonds. The summed E-state index contributed by atoms with van der Waals surface area (Å²) in [6, 6.07) is 10.7. The molecule has 0 spiro atoms. The summed E-state index contributed by atoms with van der Waals surface area (Å²) in [6.45, 7) is 6.70. The highest BCUT2D eigenvalue weighted by Gasteiger charge is 2.45. The van der Waals surface area contributed by atoms with Crippen LogP contribution in [0.5, 0.6) is 0 Å². The zero-order valence-corrected chi connectivity index (χ0v) is 19.3. The van der Waals surface area contributed by atoms with E-state index in [1.54, 1.807) is 25.1 Å². The molecule has 3 atom stereocenters. The van der Waals surface area contributed by atoms with E-state index in [0.29, 0.717) is 5.69 Å². The van der Waals surface area contributed by atoms with Crippen molar-refractivity contribution < 1.29 is 27.9 Å². The number of amides is 1. The van der Waals surface area contributed by atoms with Crippen molar-refractivity contribution in [2.75, 3.05) is 11.9 Å². The van der Waals surface area contributed by atoms with Crippen LogP contribution in [-0.4, -0.2) is 54.5 Å². The second-order valence-corrected chi connectivity index (χ2v) is 10.00. The molecule has 0 saturated carbocycles. The molecule has 8 nitrogen and oxygen atoms in total. The Morgan fingerprint density at radius 2 is 1.78 bits per heavy atom. The van der Waals surface area contributed by atoms with Crippen molar-refractivity contribution in [2.24, 2.45) is 0 Å². The first-order chi connectivity index (χ1) is 15.0. The topological polar surface area (TPSA) is 113 Å². The van der Waals surface area contributed by atoms with Crippen LogP contribution < -0.4 is 5.32 Å². The Bertz CT molecular complexity index is 1130. The van der Waals surface area contributed by atoms with E-state index in [9.17, 15) is 23.1 Å². The second-order valence-electron chi connectivity index (χ2n) is 8.11. The van der Waals surface area contributed by atoms with Gasteiger partial charge in [0.2, 0.25) is 10.0 Å². The highest BCUT2D eigenvalue weighted by molar-refractivity contribution is 7.89. The van der Waals surface area contributed by atoms with Gasteiger partial charge in [0, 0.05) is 18.7 Å². The zero-order valence-electron chi connectivity index (χ0n) is 18.5. The van der Waals surface area contributed by atoms with Crippen LogP contribution in [0.3, 0.4) is 0 Å². The quantitative estimate of drug-likeness (QED) is 0.640. The van der Waals surface area contributed by atoms with Crippen LogP contribution in [-0.2, 0) is 24.3 Å². The van der Waals surface area contributed by atoms with E-state index in [4.69, 9.17) is 4.74 Å². The van der Waals surface area contributed by atoms with Gasteiger partial charge in [0.1, 0.15) is 6.04 Å². The number of sulfonamides is 1. The minimum Gasteiger partial charge on any atom is -0.451 e. The number of ether oxygens (including phenoxy) is 1. The number of carbonyl (C=O) groups is 2. The third kappa shape index (κ3) is 5.01. The van der Waals surface area contributed by atoms with Crippen molar-refractivity contribution in [2.45, 2.75) is 57.3 Å². The molecule has 1 aliphatic heterocycles. The Morgan fingerprint density at radius 1 is 1.09 bits per heavy atom. The first-order valence-corrected chi connectivity index (χ1v) is 11.8. The molecule has 172 valence electrons. The van der Waals surface area contributed by atoms with Gasteiger partial charge >= 0.3 is 5.97 Å². The van der Waals surface area contributed by atoms with Gasteiger partial charge in [0.25, 0.3) is 5.91 Å². The van der Waals surface area contributed by atoms with E-state index in [1.807, 2.05) is 26.0 Å². The van der Waals surface area contributed by atoms with Crippen LogP contribution in [0, 0.1) is 20.8 Å². The molecule has 2 N–H and O–H groups in total. The van der Waals surface area contributed by atoms with E-state index < -0.39 is 40.1 Å². The van der Waals surface area contributed by atoms with Gasteiger partial charge in [-0.25, -0.2) is 8.42 Å². The Kier molecular flexibility index (Phi) is 7.02. The van der Waals surface area contributed by atoms with Gasteiger partial charge in [-0.15, -0.1) is 0 Å². The lowest BCUT2D eigenvalue weighted by molar-refractivity contribution is -0.156. The monoisotopic (exact) mass is 460 g/mol. The molecule has 0 bridgehead atoms. The number of nitrogens with zero attached hydrogens (tertiary/aromatic N) is 1. The highest BCUT2D eigenvalue weighted by atomic mass is 32.2. The largest absolute Gasteiger partial charge is 0.451 e. The summed E-state index contributed by atoms with van der Waals surface area (Å²) in [4.78, 5) is 25.3. The molecule has 0 aromatic heterocycles. The number of benzene rings is 2. The molecular weight excluding hydrogens is 432 g/mol. The smallest absolute Gasteiger partial charge is 0.325 e. The van der Waals surface area contributed by atoms with E-state index in [1.165, 1.54) is 19.1 Å². The van der Waals surface area contributed by atoms with Gasteiger partial charge in [-0.3, -0.25) is 9.59 Å². The van der Waals surface area contributed by atoms with Crippen molar-refractivity contribution in [3.05, 3.63) is 59.2 Å². The number of hydrogen-bond donors (Lipinski definition) is 2. The molecule has 0 aliphatic carbocycles. The fourth-order valence-corrected chi connectivity index (χ4v) is 5.24. The maximum atomic E-state index is 13.2. The van der Waals surface area contributed by atoms with Crippen LogP contribution >= 0.6 is 0 Å². The van der Waals surface area contributed by atoms with E-state index in [0.717, 1.165) is 21.0 Å². The van der Waals surface area contributed by atoms with Crippen LogP contribution in [0.25, 0.3) is 0 Å². The number of β-amino-alcohol motifs (C(OH)–C–C–N with tert-alkyl or cyclic N) is 1. The number of para-hydroxylation sites is 1. The van der Waals surface area contributed by atoms with Crippen LogP contribution in [0.2, 0.25) is 0 Å². The second kappa shape index (κ2) is 9.40. The lowest BCUT2D eigenvalue weighted by Gasteiger charge is -2.24. The zero-order chi connectivity index (χ0) is 23.6. The van der Waals surface area contributed by atoms with Gasteiger partial charge < -0.3 is 15.2 Å². The predicted octanol–water partition coefficient (Wildman–Crippen LogP) is 2.31. The Hall–Kier alpha value is -2.75. The summed E-state index contributed by atoms with van der Waals surface area (Å²) >= 11 is 0. The van der Waals surface area contributed by atoms with Crippen molar-refractivity contribution in [1.29, 1.82) is 0 Å². The maximum absolute atomic E-state index is 13.2. The molecule has 3 rings (SSSR count). The maximum Gasteiger partial charge on any atom is 0.325 e. The average Bonchev–Trinajstić information content (AvgIpc) is 3.14. The third-order valence-corrected chi connectivity index (χ3v) is 7.53. The molecule has 1 heterocycles. The SMILES string of the molecule is Cc1ccc(S(=O)(=O)N2CC(O)C[C@H]2C(=O)OC(C)C(=O)Nc2ccccc2C)cc1C. The van der Waals surface area contributed by atoms with Crippen molar-refractivity contribution in [1.82, 2.24) is 4.31 Å². The molecule has 2 aromatic carbocycles. The van der Waals surface area contributed by atoms with Crippen LogP contribution in [0.4, 0.5) is 5.69 Å². The summed E-state index contributed by atoms with van der Waals surface area (Å²) in [7, 11) is -4.04. The number of aryl methyl sites for hydroxylation is 3. The third-order valence-electron chi connectivity index (χ3n) is 5.66. The lowest BCUT2D eigenvalue weighted by Crippen LogP contribution is -2.43. The molecule has 2 aromatic rings. The van der Waals surface area contributed by atoms with Gasteiger partial charge in [0.05, 0.1) is 11.0 Å². The normalized spacial score (nSPS) is 20.0. The van der Waals surface area contributed by atoms with Crippen molar-refractivity contribution in [3.63, 3.8) is 0 Å². The minimum absolute atomic E-state index is 0.0397. The number of rotatable bonds is 6. The summed E-state index contributed by atoms with van der Waals surface area (Å²) < 4.78 is 32.6. The standard InChI is InChI=1S/C23H28N2O6S/c1-14-9-10-19(11-16(14)3)32(29,30)25-13-18(26)12-21(25)23(28)31-17(4)22(27)24-20-8-6-5-7-15(20)2/h5-11,17-18,21,26H,12-13H2,1-4H3,(H,24,27)/t17?,18?,21-/m0/s1. The Balaban J connectivity index is 1.75. The van der Waals surface area contributed by atoms with E-state index >= 15 is 0 Å². The highest BCUT2D eigenvalue weighted by Crippen LogP contribution is 2.28. The van der Waals surface area contributed by atoms with Gasteiger partial charge in [-0.1, -0.05) is 24.3 Å². The number of anilines is 1. The fraction of sp³-hybridized carbons (Fsp3) is 0.391. The van der Waals surface area contributed by atoms with Crippen LogP contribution in [0.15, 0.2) is 47.4 Å². The van der Waals surface area contributed by atoms with E-state index in [2.05, 4.69) is 5.32 Å². The number of esters is 1. The first kappa shape index (κ1) is 23.9. The van der Waals surface area contributed by atoms with Crippen LogP contribution in [0.1, 0.15) is 30.0 Å². The Morgan fingerprint density at radius 3 is 2.44 bits per heavy atom. The average molecular weight is 461 g/mol. The lowest BCUT2D eigenvalue weighted by atomic mass is 10.1. The molecular formula is C23H28N2O6S. The Labute approximate surface area is 188 Å². The summed E-state index contributed by atoms with van der Waals surface area (Å²) in [6.07, 6.45) is -2.26. The van der Waals surface area contributed by atoms with Gasteiger partial charge in [-0.05, 0) is 62.6 Å².